The van der Waals surface area contributed by atoms with Gasteiger partial charge in [0.15, 0.2) is 11.3 Å². The number of methoxy groups -OCH3 is 1. The zero-order valence-corrected chi connectivity index (χ0v) is 11.5. The Hall–Kier alpha value is -3.15. The monoisotopic (exact) mass is 294 g/mol. The van der Waals surface area contributed by atoms with Crippen LogP contribution in [-0.2, 0) is 0 Å². The molecule has 0 spiro atoms. The van der Waals surface area contributed by atoms with Crippen LogP contribution in [0.4, 0.5) is 0 Å². The van der Waals surface area contributed by atoms with Gasteiger partial charge in [-0.2, -0.15) is 0 Å². The number of hydrogen-bond acceptors (Lipinski definition) is 5. The van der Waals surface area contributed by atoms with E-state index in [-0.39, 0.29) is 11.1 Å². The molecule has 3 heterocycles. The van der Waals surface area contributed by atoms with Crippen molar-refractivity contribution in [1.29, 1.82) is 0 Å². The van der Waals surface area contributed by atoms with Crippen LogP contribution in [0.25, 0.3) is 32.8 Å². The highest BCUT2D eigenvalue weighted by Crippen LogP contribution is 2.31. The molecule has 108 valence electrons. The lowest BCUT2D eigenvalue weighted by Crippen LogP contribution is -2.13. The minimum Gasteiger partial charge on any atom is -0.493 e. The molecule has 0 unspecified atom stereocenters. The van der Waals surface area contributed by atoms with E-state index in [0.29, 0.717) is 33.0 Å². The number of nitrogens with zero attached hydrogens (tertiary/aromatic N) is 1. The van der Waals surface area contributed by atoms with Crippen molar-refractivity contribution in [3.8, 4) is 5.75 Å². The Labute approximate surface area is 123 Å². The SMILES string of the molecule is COc1cccc2c1oc(=O)c1[nH]c(=O)c3cccnc3c12. The zero-order chi connectivity index (χ0) is 15.3. The van der Waals surface area contributed by atoms with Gasteiger partial charge in [-0.15, -0.1) is 0 Å². The standard InChI is InChI=1S/C16H10N2O4/c1-21-10-6-2-4-8-11-12-9(5-3-7-17-12)15(19)18-13(11)16(20)22-14(8)10/h2-7H,1H3,(H,18,19). The van der Waals surface area contributed by atoms with Crippen LogP contribution in [0, 0.1) is 0 Å². The molecule has 0 amide bonds. The first-order valence-electron chi connectivity index (χ1n) is 6.61. The molecule has 0 aliphatic carbocycles. The third-order valence-electron chi connectivity index (χ3n) is 3.64. The van der Waals surface area contributed by atoms with Gasteiger partial charge in [0.25, 0.3) is 5.56 Å². The second-order valence-corrected chi connectivity index (χ2v) is 4.83. The molecule has 1 aromatic carbocycles. The summed E-state index contributed by atoms with van der Waals surface area (Å²) >= 11 is 0. The summed E-state index contributed by atoms with van der Waals surface area (Å²) in [5.41, 5.74) is -0.0901. The fourth-order valence-corrected chi connectivity index (χ4v) is 2.69. The summed E-state index contributed by atoms with van der Waals surface area (Å²) in [6.07, 6.45) is 1.59. The molecular weight excluding hydrogens is 284 g/mol. The zero-order valence-electron chi connectivity index (χ0n) is 11.5. The maximum atomic E-state index is 12.2. The number of pyridine rings is 2. The molecule has 0 atom stereocenters. The van der Waals surface area contributed by atoms with Crippen LogP contribution in [0.5, 0.6) is 5.75 Å². The Morgan fingerprint density at radius 3 is 2.77 bits per heavy atom. The van der Waals surface area contributed by atoms with E-state index < -0.39 is 5.63 Å². The molecule has 3 aromatic heterocycles. The molecule has 4 rings (SSSR count). The Morgan fingerprint density at radius 1 is 1.14 bits per heavy atom. The average Bonchev–Trinajstić information content (AvgIpc) is 2.55. The van der Waals surface area contributed by atoms with Crippen molar-refractivity contribution >= 4 is 32.8 Å². The number of H-pyrrole nitrogens is 1. The lowest BCUT2D eigenvalue weighted by molar-refractivity contribution is 0.407. The Balaban J connectivity index is 2.43. The van der Waals surface area contributed by atoms with Gasteiger partial charge in [0.2, 0.25) is 0 Å². The van der Waals surface area contributed by atoms with Crippen molar-refractivity contribution in [2.75, 3.05) is 7.11 Å². The summed E-state index contributed by atoms with van der Waals surface area (Å²) in [5.74, 6) is 0.451. The third kappa shape index (κ3) is 1.57. The van der Waals surface area contributed by atoms with Crippen LogP contribution in [0.15, 0.2) is 50.5 Å². The summed E-state index contributed by atoms with van der Waals surface area (Å²) in [4.78, 5) is 31.2. The Kier molecular flexibility index (Phi) is 2.53. The van der Waals surface area contributed by atoms with Crippen molar-refractivity contribution in [1.82, 2.24) is 9.97 Å². The van der Waals surface area contributed by atoms with Gasteiger partial charge in [-0.1, -0.05) is 12.1 Å². The maximum Gasteiger partial charge on any atom is 0.361 e. The second-order valence-electron chi connectivity index (χ2n) is 4.83. The minimum atomic E-state index is -0.628. The first-order valence-corrected chi connectivity index (χ1v) is 6.61. The third-order valence-corrected chi connectivity index (χ3v) is 3.64. The maximum absolute atomic E-state index is 12.2. The summed E-state index contributed by atoms with van der Waals surface area (Å²) in [7, 11) is 1.50. The molecule has 0 fully saturated rings. The van der Waals surface area contributed by atoms with Crippen LogP contribution < -0.4 is 15.9 Å². The average molecular weight is 294 g/mol. The number of nitrogens with one attached hydrogen (secondary N) is 1. The smallest absolute Gasteiger partial charge is 0.361 e. The minimum absolute atomic E-state index is 0.108. The Morgan fingerprint density at radius 2 is 1.95 bits per heavy atom. The van der Waals surface area contributed by atoms with Crippen molar-refractivity contribution in [2.24, 2.45) is 0 Å². The van der Waals surface area contributed by atoms with Crippen LogP contribution in [0.3, 0.4) is 0 Å². The summed E-state index contributed by atoms with van der Waals surface area (Å²) in [6, 6.07) is 8.65. The van der Waals surface area contributed by atoms with Crippen LogP contribution >= 0.6 is 0 Å². The van der Waals surface area contributed by atoms with Gasteiger partial charge in [-0.05, 0) is 18.2 Å². The number of fused-ring (bicyclic) bond motifs is 5. The van der Waals surface area contributed by atoms with E-state index in [4.69, 9.17) is 9.15 Å². The Bertz CT molecular complexity index is 1160. The lowest BCUT2D eigenvalue weighted by atomic mass is 10.1. The number of para-hydroxylation sites is 1. The number of hydrogen-bond donors (Lipinski definition) is 1. The van der Waals surface area contributed by atoms with Gasteiger partial charge in [0.1, 0.15) is 5.52 Å². The molecule has 6 nitrogen and oxygen atoms in total. The molecule has 0 bridgehead atoms. The van der Waals surface area contributed by atoms with E-state index in [0.717, 1.165) is 0 Å². The quantitative estimate of drug-likeness (QED) is 0.429. The number of rotatable bonds is 1. The van der Waals surface area contributed by atoms with Crippen LogP contribution in [0.1, 0.15) is 0 Å². The first kappa shape index (κ1) is 12.6. The highest BCUT2D eigenvalue weighted by Gasteiger charge is 2.16. The summed E-state index contributed by atoms with van der Waals surface area (Å²) < 4.78 is 10.6. The molecule has 4 aromatic rings. The van der Waals surface area contributed by atoms with Crippen molar-refractivity contribution in [3.05, 3.63) is 57.3 Å². The van der Waals surface area contributed by atoms with E-state index in [1.807, 2.05) is 0 Å². The molecule has 6 heteroatoms. The van der Waals surface area contributed by atoms with Crippen LogP contribution in [0.2, 0.25) is 0 Å². The van der Waals surface area contributed by atoms with E-state index in [1.165, 1.54) is 7.11 Å². The molecule has 0 saturated carbocycles. The number of ether oxygens (including phenoxy) is 1. The molecular formula is C16H10N2O4. The van der Waals surface area contributed by atoms with Gasteiger partial charge < -0.3 is 14.1 Å². The predicted octanol–water partition coefficient (Wildman–Crippen LogP) is 2.19. The summed E-state index contributed by atoms with van der Waals surface area (Å²) in [6.45, 7) is 0. The first-order chi connectivity index (χ1) is 10.7. The van der Waals surface area contributed by atoms with E-state index in [2.05, 4.69) is 9.97 Å². The highest BCUT2D eigenvalue weighted by atomic mass is 16.5. The van der Waals surface area contributed by atoms with Crippen molar-refractivity contribution < 1.29 is 9.15 Å². The number of benzene rings is 1. The fraction of sp³-hybridized carbons (Fsp3) is 0.0625. The number of aromatic nitrogens is 2. The van der Waals surface area contributed by atoms with Gasteiger partial charge >= 0.3 is 5.63 Å². The highest BCUT2D eigenvalue weighted by molar-refractivity contribution is 6.16. The molecule has 1 N–H and O–H groups in total. The van der Waals surface area contributed by atoms with E-state index >= 15 is 0 Å². The molecule has 0 aliphatic heterocycles. The number of aromatic amines is 1. The van der Waals surface area contributed by atoms with Gasteiger partial charge in [0, 0.05) is 17.0 Å². The van der Waals surface area contributed by atoms with Gasteiger partial charge in [-0.3, -0.25) is 9.78 Å². The fourth-order valence-electron chi connectivity index (χ4n) is 2.69. The lowest BCUT2D eigenvalue weighted by Gasteiger charge is -2.07. The molecule has 0 saturated heterocycles. The van der Waals surface area contributed by atoms with E-state index in [9.17, 15) is 9.59 Å². The topological polar surface area (TPSA) is 85.2 Å². The van der Waals surface area contributed by atoms with Crippen molar-refractivity contribution in [2.45, 2.75) is 0 Å². The second kappa shape index (κ2) is 4.42. The normalized spacial score (nSPS) is 11.3. The van der Waals surface area contributed by atoms with Gasteiger partial charge in [-0.25, -0.2) is 4.79 Å². The predicted molar refractivity (Wildman–Crippen MR) is 82.5 cm³/mol. The molecule has 0 radical (unpaired) electrons. The van der Waals surface area contributed by atoms with Gasteiger partial charge in [0.05, 0.1) is 18.0 Å². The molecule has 0 aliphatic rings. The summed E-state index contributed by atoms with van der Waals surface area (Å²) in [5, 5.41) is 1.64. The largest absolute Gasteiger partial charge is 0.493 e. The van der Waals surface area contributed by atoms with Crippen LogP contribution in [-0.4, -0.2) is 17.1 Å². The molecule has 22 heavy (non-hydrogen) atoms. The van der Waals surface area contributed by atoms with Crippen molar-refractivity contribution in [3.63, 3.8) is 0 Å². The van der Waals surface area contributed by atoms with E-state index in [1.54, 1.807) is 36.5 Å².